The van der Waals surface area contributed by atoms with E-state index in [1.54, 1.807) is 0 Å². The second-order valence-electron chi connectivity index (χ2n) is 3.09. The molecule has 0 heterocycles. The van der Waals surface area contributed by atoms with Gasteiger partial charge in [0.1, 0.15) is 18.6 Å². The van der Waals surface area contributed by atoms with E-state index in [9.17, 15) is 18.8 Å². The number of hydrogen-bond acceptors (Lipinski definition) is 9. The lowest BCUT2D eigenvalue weighted by atomic mass is 10.6. The molecule has 0 bridgehead atoms. The predicted molar refractivity (Wildman–Crippen MR) is 59.2 cm³/mol. The highest BCUT2D eigenvalue weighted by Crippen LogP contribution is 2.30. The monoisotopic (exact) mass is 321 g/mol. The average Bonchev–Trinajstić information content (AvgIpc) is 2.43. The molecule has 0 spiro atoms. The van der Waals surface area contributed by atoms with Crippen LogP contribution in [-0.4, -0.2) is 58.0 Å². The lowest BCUT2D eigenvalue weighted by Gasteiger charge is -2.14. The van der Waals surface area contributed by atoms with Crippen molar-refractivity contribution in [2.45, 2.75) is 5.25 Å². The van der Waals surface area contributed by atoms with Gasteiger partial charge in [0.05, 0.1) is 33.0 Å². The highest BCUT2D eigenvalue weighted by atomic mass is 32.2. The van der Waals surface area contributed by atoms with Crippen LogP contribution in [0, 0.1) is 0 Å². The molecule has 0 saturated carbocycles. The van der Waals surface area contributed by atoms with Crippen LogP contribution in [0.25, 0.3) is 0 Å². The lowest BCUT2D eigenvalue weighted by molar-refractivity contribution is -0.777. The van der Waals surface area contributed by atoms with Crippen LogP contribution in [0.1, 0.15) is 0 Å². The molecular weight excluding hydrogens is 306 g/mol. The van der Waals surface area contributed by atoms with Gasteiger partial charge >= 0.3 is 11.2 Å². The van der Waals surface area contributed by atoms with Crippen molar-refractivity contribution < 1.29 is 47.2 Å². The number of carbonyl (C=O) groups is 1. The maximum atomic E-state index is 12.8. The molecule has 0 aliphatic rings. The van der Waals surface area contributed by atoms with E-state index < -0.39 is 23.3 Å². The van der Waals surface area contributed by atoms with E-state index in [0.29, 0.717) is 19.8 Å². The number of carbonyl (C=O) groups excluding carboxylic acids is 1. The topological polar surface area (TPSA) is 95.5 Å². The molecule has 0 atom stereocenters. The first-order valence-electron chi connectivity index (χ1n) is 5.38. The third-order valence-corrected chi connectivity index (χ3v) is 2.17. The first-order valence-corrected chi connectivity index (χ1v) is 6.12. The van der Waals surface area contributed by atoms with Gasteiger partial charge < -0.3 is 24.2 Å². The smallest absolute Gasteiger partial charge is 0.415 e. The van der Waals surface area contributed by atoms with Crippen LogP contribution in [0.15, 0.2) is 0 Å². The summed E-state index contributed by atoms with van der Waals surface area (Å²) in [5.74, 6) is -1.86. The first-order chi connectivity index (χ1) is 9.54. The normalized spacial score (nSPS) is 11.6. The molecule has 0 saturated heterocycles. The van der Waals surface area contributed by atoms with E-state index in [1.165, 1.54) is 7.11 Å². The molecule has 120 valence electrons. The van der Waals surface area contributed by atoms with Crippen molar-refractivity contribution in [1.82, 2.24) is 0 Å². The summed E-state index contributed by atoms with van der Waals surface area (Å²) in [4.78, 5) is 10.9. The fraction of sp³-hybridized carbons (Fsp3) is 0.889. The zero-order valence-electron chi connectivity index (χ0n) is 10.7. The van der Waals surface area contributed by atoms with Crippen molar-refractivity contribution in [3.05, 3.63) is 0 Å². The summed E-state index contributed by atoms with van der Waals surface area (Å²) in [6.45, 7) is 0.960. The van der Waals surface area contributed by atoms with Crippen LogP contribution in [0.3, 0.4) is 0 Å². The third-order valence-electron chi connectivity index (χ3n) is 1.67. The van der Waals surface area contributed by atoms with E-state index >= 15 is 0 Å². The van der Waals surface area contributed by atoms with Gasteiger partial charge in [-0.2, -0.15) is 13.1 Å². The molecule has 0 radical (unpaired) electrons. The number of rotatable bonds is 13. The van der Waals surface area contributed by atoms with Gasteiger partial charge in [0.2, 0.25) is 0 Å². The molecular formula is C9H15F2O8S-. The molecule has 0 N–H and O–H groups in total. The summed E-state index contributed by atoms with van der Waals surface area (Å²) >= 11 is -0.749. The Morgan fingerprint density at radius 2 is 1.65 bits per heavy atom. The van der Waals surface area contributed by atoms with Crippen LogP contribution >= 0.6 is 12.0 Å². The van der Waals surface area contributed by atoms with E-state index in [2.05, 4.69) is 14.1 Å². The summed E-state index contributed by atoms with van der Waals surface area (Å²) in [5, 5.41) is 8.03. The van der Waals surface area contributed by atoms with Gasteiger partial charge in [0.15, 0.2) is 0 Å². The van der Waals surface area contributed by atoms with Gasteiger partial charge in [-0.25, -0.2) is 4.79 Å². The molecule has 20 heavy (non-hydrogen) atoms. The minimum atomic E-state index is -4.03. The Hall–Kier alpha value is -0.560. The second-order valence-corrected chi connectivity index (χ2v) is 3.91. The second kappa shape index (κ2) is 12.2. The van der Waals surface area contributed by atoms with E-state index in [-0.39, 0.29) is 19.8 Å². The molecule has 0 unspecified atom stereocenters. The van der Waals surface area contributed by atoms with Crippen LogP contribution in [0.2, 0.25) is 0 Å². The van der Waals surface area contributed by atoms with Gasteiger partial charge in [0, 0.05) is 7.11 Å². The first kappa shape index (κ1) is 19.4. The molecule has 0 aliphatic carbocycles. The number of halogens is 2. The minimum Gasteiger partial charge on any atom is -0.691 e. The SMILES string of the molecule is COCCOCCOCCOC(=O)C(F)(F)SOO[O-]. The van der Waals surface area contributed by atoms with Crippen molar-refractivity contribution in [2.24, 2.45) is 0 Å². The maximum Gasteiger partial charge on any atom is 0.415 e. The Morgan fingerprint density at radius 3 is 2.20 bits per heavy atom. The molecule has 0 aromatic rings. The van der Waals surface area contributed by atoms with Crippen molar-refractivity contribution in [2.75, 3.05) is 46.8 Å². The number of alkyl halides is 2. The van der Waals surface area contributed by atoms with Crippen LogP contribution in [0.5, 0.6) is 0 Å². The van der Waals surface area contributed by atoms with Crippen LogP contribution in [0.4, 0.5) is 8.78 Å². The van der Waals surface area contributed by atoms with Gasteiger partial charge in [-0.1, -0.05) is 0 Å². The van der Waals surface area contributed by atoms with Gasteiger partial charge in [-0.3, -0.25) is 5.04 Å². The van der Waals surface area contributed by atoms with E-state index in [1.807, 2.05) is 0 Å². The summed E-state index contributed by atoms with van der Waals surface area (Å²) in [7, 11) is 1.54. The van der Waals surface area contributed by atoms with E-state index in [0.717, 1.165) is 0 Å². The summed E-state index contributed by atoms with van der Waals surface area (Å²) < 4.78 is 48.0. The van der Waals surface area contributed by atoms with Crippen molar-refractivity contribution in [3.8, 4) is 0 Å². The van der Waals surface area contributed by atoms with Gasteiger partial charge in [-0.15, -0.1) is 0 Å². The van der Waals surface area contributed by atoms with Gasteiger partial charge in [-0.05, 0) is 0 Å². The van der Waals surface area contributed by atoms with Crippen molar-refractivity contribution in [1.29, 1.82) is 0 Å². The Kier molecular flexibility index (Phi) is 11.9. The molecule has 0 rings (SSSR count). The number of hydrogen-bond donors (Lipinski definition) is 0. The Labute approximate surface area is 118 Å². The quantitative estimate of drug-likeness (QED) is 0.149. The Morgan fingerprint density at radius 1 is 1.10 bits per heavy atom. The van der Waals surface area contributed by atoms with Crippen LogP contribution in [-0.2, 0) is 33.1 Å². The molecule has 0 fully saturated rings. The molecule has 0 aromatic carbocycles. The zero-order chi connectivity index (χ0) is 15.3. The lowest BCUT2D eigenvalue weighted by Crippen LogP contribution is -2.29. The molecule has 0 aliphatic heterocycles. The summed E-state index contributed by atoms with van der Waals surface area (Å²) in [6, 6.07) is 0. The largest absolute Gasteiger partial charge is 0.691 e. The molecule has 8 nitrogen and oxygen atoms in total. The summed E-state index contributed by atoms with van der Waals surface area (Å²) in [6.07, 6.45) is 0. The molecule has 0 aromatic heterocycles. The predicted octanol–water partition coefficient (Wildman–Crippen LogP) is -0.326. The van der Waals surface area contributed by atoms with E-state index in [4.69, 9.17) is 14.2 Å². The van der Waals surface area contributed by atoms with Crippen molar-refractivity contribution >= 4 is 18.0 Å². The zero-order valence-corrected chi connectivity index (χ0v) is 11.5. The standard InChI is InChI=1S/C9H16F2O8S/c1-14-2-3-15-4-5-16-6-7-17-8(12)9(10,11)20-19-18-13/h13H,2-7H2,1H3/p-1. The van der Waals surface area contributed by atoms with Crippen molar-refractivity contribution in [3.63, 3.8) is 0 Å². The third kappa shape index (κ3) is 10.3. The highest BCUT2D eigenvalue weighted by molar-refractivity contribution is 7.96. The number of esters is 1. The summed E-state index contributed by atoms with van der Waals surface area (Å²) in [5.41, 5.74) is 0. The number of ether oxygens (including phenoxy) is 4. The Balaban J connectivity index is 3.47. The Bertz CT molecular complexity index is 256. The van der Waals surface area contributed by atoms with Crippen LogP contribution < -0.4 is 5.26 Å². The molecule has 11 heteroatoms. The fourth-order valence-corrected chi connectivity index (χ4v) is 1.07. The maximum absolute atomic E-state index is 12.8. The highest BCUT2D eigenvalue weighted by Gasteiger charge is 2.43. The van der Waals surface area contributed by atoms with Gasteiger partial charge in [0.25, 0.3) is 0 Å². The molecule has 0 amide bonds. The minimum absolute atomic E-state index is 0.0704. The number of methoxy groups -OCH3 is 1. The fourth-order valence-electron chi connectivity index (χ4n) is 0.832. The average molecular weight is 321 g/mol.